The predicted octanol–water partition coefficient (Wildman–Crippen LogP) is -4.03. The van der Waals surface area contributed by atoms with Gasteiger partial charge in [-0.05, 0) is 25.4 Å². The number of carboxylic acid groups (broad SMARTS) is 1. The van der Waals surface area contributed by atoms with E-state index in [0.29, 0.717) is 5.75 Å². The second kappa shape index (κ2) is 13.3. The van der Waals surface area contributed by atoms with Crippen molar-refractivity contribution in [2.24, 2.45) is 5.73 Å². The molecular formula is C15H28N4O8S. The topological polar surface area (TPSA) is 211 Å². The maximum absolute atomic E-state index is 12.3. The van der Waals surface area contributed by atoms with E-state index in [1.165, 1.54) is 18.7 Å². The number of carboxylic acids is 1. The maximum Gasteiger partial charge on any atom is 0.328 e. The van der Waals surface area contributed by atoms with Crippen LogP contribution in [0.2, 0.25) is 0 Å². The molecule has 0 radical (unpaired) electrons. The van der Waals surface area contributed by atoms with Crippen molar-refractivity contribution in [3.05, 3.63) is 0 Å². The molecule has 0 rings (SSSR count). The largest absolute Gasteiger partial charge is 0.480 e. The molecular weight excluding hydrogens is 396 g/mol. The summed E-state index contributed by atoms with van der Waals surface area (Å²) >= 11 is 1.38. The first-order valence-corrected chi connectivity index (χ1v) is 9.76. The lowest BCUT2D eigenvalue weighted by Crippen LogP contribution is -2.59. The van der Waals surface area contributed by atoms with Gasteiger partial charge in [0.1, 0.15) is 24.2 Å². The molecule has 5 atom stereocenters. The highest BCUT2D eigenvalue weighted by Crippen LogP contribution is 2.03. The zero-order valence-corrected chi connectivity index (χ0v) is 16.4. The summed E-state index contributed by atoms with van der Waals surface area (Å²) < 4.78 is 0. The molecule has 0 saturated carbocycles. The van der Waals surface area contributed by atoms with Crippen molar-refractivity contribution in [3.8, 4) is 0 Å². The Morgan fingerprint density at radius 3 is 1.82 bits per heavy atom. The highest BCUT2D eigenvalue weighted by Gasteiger charge is 2.30. The van der Waals surface area contributed by atoms with Crippen molar-refractivity contribution >= 4 is 35.5 Å². The van der Waals surface area contributed by atoms with Crippen molar-refractivity contribution in [1.29, 1.82) is 0 Å². The van der Waals surface area contributed by atoms with Crippen molar-refractivity contribution < 1.29 is 39.6 Å². The number of aliphatic hydroxyl groups excluding tert-OH is 3. The van der Waals surface area contributed by atoms with Crippen LogP contribution >= 0.6 is 11.8 Å². The van der Waals surface area contributed by atoms with Gasteiger partial charge in [-0.25, -0.2) is 4.79 Å². The fraction of sp³-hybridized carbons (Fsp3) is 0.733. The van der Waals surface area contributed by atoms with Gasteiger partial charge < -0.3 is 42.1 Å². The number of carbonyl (C=O) groups is 4. The molecule has 13 heteroatoms. The summed E-state index contributed by atoms with van der Waals surface area (Å²) in [7, 11) is 0. The number of carbonyl (C=O) groups excluding carboxylic acids is 3. The summed E-state index contributed by atoms with van der Waals surface area (Å²) in [5.41, 5.74) is 5.46. The SMILES string of the molecule is CSCCC(NC(=O)C(CO)NC(=O)C(N)C(C)O)C(=O)NC(CO)C(=O)O. The van der Waals surface area contributed by atoms with Gasteiger partial charge in [0.25, 0.3) is 0 Å². The molecule has 5 unspecified atom stereocenters. The highest BCUT2D eigenvalue weighted by atomic mass is 32.2. The van der Waals surface area contributed by atoms with Gasteiger partial charge in [-0.15, -0.1) is 0 Å². The van der Waals surface area contributed by atoms with Gasteiger partial charge in [0.2, 0.25) is 17.7 Å². The lowest BCUT2D eigenvalue weighted by atomic mass is 10.1. The molecule has 28 heavy (non-hydrogen) atoms. The number of rotatable bonds is 13. The molecule has 0 aliphatic heterocycles. The number of nitrogens with two attached hydrogens (primary N) is 1. The predicted molar refractivity (Wildman–Crippen MR) is 100 cm³/mol. The first-order chi connectivity index (χ1) is 13.1. The number of hydrogen-bond acceptors (Lipinski definition) is 9. The summed E-state index contributed by atoms with van der Waals surface area (Å²) in [5, 5.41) is 43.2. The van der Waals surface area contributed by atoms with E-state index in [4.69, 9.17) is 15.9 Å². The van der Waals surface area contributed by atoms with Gasteiger partial charge in [-0.3, -0.25) is 14.4 Å². The minimum Gasteiger partial charge on any atom is -0.480 e. The molecule has 0 aromatic carbocycles. The lowest BCUT2D eigenvalue weighted by molar-refractivity contribution is -0.143. The average Bonchev–Trinajstić information content (AvgIpc) is 2.65. The van der Waals surface area contributed by atoms with Crippen LogP contribution in [0.3, 0.4) is 0 Å². The Labute approximate surface area is 166 Å². The van der Waals surface area contributed by atoms with E-state index in [1.807, 2.05) is 0 Å². The number of nitrogens with one attached hydrogen (secondary N) is 3. The van der Waals surface area contributed by atoms with Crippen LogP contribution in [-0.2, 0) is 19.2 Å². The molecule has 0 aliphatic carbocycles. The Morgan fingerprint density at radius 1 is 0.929 bits per heavy atom. The summed E-state index contributed by atoms with van der Waals surface area (Å²) in [6.07, 6.45) is 0.711. The molecule has 0 heterocycles. The number of thioether (sulfide) groups is 1. The van der Waals surface area contributed by atoms with Crippen LogP contribution in [0.5, 0.6) is 0 Å². The maximum atomic E-state index is 12.3. The third kappa shape index (κ3) is 8.84. The Bertz CT molecular complexity index is 548. The monoisotopic (exact) mass is 424 g/mol. The molecule has 3 amide bonds. The van der Waals surface area contributed by atoms with Crippen molar-refractivity contribution in [2.75, 3.05) is 25.2 Å². The Balaban J connectivity index is 5.12. The average molecular weight is 424 g/mol. The number of hydrogen-bond donors (Lipinski definition) is 8. The molecule has 0 saturated heterocycles. The third-order valence-electron chi connectivity index (χ3n) is 3.68. The van der Waals surface area contributed by atoms with E-state index < -0.39 is 67.2 Å². The molecule has 9 N–H and O–H groups in total. The van der Waals surface area contributed by atoms with Crippen molar-refractivity contribution in [3.63, 3.8) is 0 Å². The summed E-state index contributed by atoms with van der Waals surface area (Å²) in [5.74, 6) is -3.62. The van der Waals surface area contributed by atoms with Gasteiger partial charge in [0.15, 0.2) is 0 Å². The van der Waals surface area contributed by atoms with Crippen LogP contribution in [0.15, 0.2) is 0 Å². The Morgan fingerprint density at radius 2 is 1.39 bits per heavy atom. The second-order valence-corrected chi connectivity index (χ2v) is 6.92. The second-order valence-electron chi connectivity index (χ2n) is 5.93. The molecule has 12 nitrogen and oxygen atoms in total. The smallest absolute Gasteiger partial charge is 0.328 e. The van der Waals surface area contributed by atoms with Crippen LogP contribution in [-0.4, -0.2) is 99.6 Å². The van der Waals surface area contributed by atoms with Gasteiger partial charge in [-0.2, -0.15) is 11.8 Å². The van der Waals surface area contributed by atoms with E-state index >= 15 is 0 Å². The normalized spacial score (nSPS) is 16.2. The molecule has 0 bridgehead atoms. The van der Waals surface area contributed by atoms with Crippen LogP contribution in [0, 0.1) is 0 Å². The van der Waals surface area contributed by atoms with Gasteiger partial charge in [-0.1, -0.05) is 0 Å². The van der Waals surface area contributed by atoms with Crippen molar-refractivity contribution in [2.45, 2.75) is 43.6 Å². The molecule has 162 valence electrons. The van der Waals surface area contributed by atoms with Crippen LogP contribution in [0.25, 0.3) is 0 Å². The van der Waals surface area contributed by atoms with Gasteiger partial charge in [0, 0.05) is 0 Å². The molecule has 0 spiro atoms. The summed E-state index contributed by atoms with van der Waals surface area (Å²) in [4.78, 5) is 47.4. The van der Waals surface area contributed by atoms with E-state index in [-0.39, 0.29) is 6.42 Å². The molecule has 0 fully saturated rings. The first-order valence-electron chi connectivity index (χ1n) is 8.37. The van der Waals surface area contributed by atoms with E-state index in [9.17, 15) is 29.4 Å². The summed E-state index contributed by atoms with van der Waals surface area (Å²) in [6, 6.07) is -5.46. The van der Waals surface area contributed by atoms with Crippen LogP contribution in [0.4, 0.5) is 0 Å². The highest BCUT2D eigenvalue weighted by molar-refractivity contribution is 7.98. The minimum absolute atomic E-state index is 0.135. The van der Waals surface area contributed by atoms with Gasteiger partial charge >= 0.3 is 5.97 Å². The van der Waals surface area contributed by atoms with E-state index in [1.54, 1.807) is 6.26 Å². The number of amides is 3. The Hall–Kier alpha value is -1.93. The lowest BCUT2D eigenvalue weighted by Gasteiger charge is -2.24. The fourth-order valence-electron chi connectivity index (χ4n) is 1.92. The quantitative estimate of drug-likeness (QED) is 0.143. The Kier molecular flexibility index (Phi) is 12.4. The third-order valence-corrected chi connectivity index (χ3v) is 4.32. The zero-order valence-electron chi connectivity index (χ0n) is 15.6. The van der Waals surface area contributed by atoms with Gasteiger partial charge in [0.05, 0.1) is 19.3 Å². The van der Waals surface area contributed by atoms with E-state index in [2.05, 4.69) is 16.0 Å². The number of aliphatic carboxylic acids is 1. The van der Waals surface area contributed by atoms with Crippen molar-refractivity contribution in [1.82, 2.24) is 16.0 Å². The molecule has 0 aromatic rings. The molecule has 0 aliphatic rings. The van der Waals surface area contributed by atoms with E-state index in [0.717, 1.165) is 0 Å². The number of aliphatic hydroxyl groups is 3. The van der Waals surface area contributed by atoms with Crippen LogP contribution in [0.1, 0.15) is 13.3 Å². The van der Waals surface area contributed by atoms with Crippen LogP contribution < -0.4 is 21.7 Å². The minimum atomic E-state index is -1.54. The zero-order chi connectivity index (χ0) is 21.9. The molecule has 0 aromatic heterocycles. The first kappa shape index (κ1) is 26.1. The summed E-state index contributed by atoms with van der Waals surface area (Å²) in [6.45, 7) is -0.354. The fourth-order valence-corrected chi connectivity index (χ4v) is 2.39. The standard InChI is InChI=1S/C15H28N4O8S/c1-7(22)11(16)14(25)18-9(5-20)13(24)17-8(3-4-28-2)12(23)19-10(6-21)15(26)27/h7-11,20-22H,3-6,16H2,1-2H3,(H,17,24)(H,18,25)(H,19,23)(H,26,27).